The molecule has 170 valence electrons. The highest BCUT2D eigenvalue weighted by molar-refractivity contribution is 5.58. The van der Waals surface area contributed by atoms with E-state index in [1.807, 2.05) is 35.0 Å². The van der Waals surface area contributed by atoms with Gasteiger partial charge in [-0.2, -0.15) is 0 Å². The molecular weight excluding hydrogens is 404 g/mol. The second kappa shape index (κ2) is 9.16. The van der Waals surface area contributed by atoms with Crippen LogP contribution in [0.3, 0.4) is 0 Å². The first-order valence-corrected chi connectivity index (χ1v) is 11.0. The van der Waals surface area contributed by atoms with Crippen molar-refractivity contribution >= 4 is 5.69 Å². The van der Waals surface area contributed by atoms with Gasteiger partial charge in [-0.05, 0) is 49.4 Å². The minimum absolute atomic E-state index is 0.111. The molecule has 8 heteroatoms. The average Bonchev–Trinajstić information content (AvgIpc) is 3.30. The minimum Gasteiger partial charge on any atom is -0.496 e. The zero-order valence-corrected chi connectivity index (χ0v) is 19.5. The number of ether oxygens (including phenoxy) is 2. The molecule has 1 aromatic heterocycles. The molecule has 2 aromatic carbocycles. The third kappa shape index (κ3) is 4.27. The molecular formula is C24H32N6O2. The SMILES string of the molecule is COc1ccccc1[C@H](c1nnnn1C(C)(C)C)N1CCN(c2ccccc2OC)CC1. The summed E-state index contributed by atoms with van der Waals surface area (Å²) in [4.78, 5) is 4.82. The standard InChI is InChI=1S/C24H32N6O2/c1-24(2,3)30-23(25-26-27-30)22(18-10-6-8-12-20(18)31-4)29-16-14-28(15-17-29)19-11-7-9-13-21(19)32-5/h6-13,22H,14-17H2,1-5H3/t22-/m1/s1. The molecule has 8 nitrogen and oxygen atoms in total. The molecule has 0 unspecified atom stereocenters. The summed E-state index contributed by atoms with van der Waals surface area (Å²) in [6.45, 7) is 9.82. The Kier molecular flexibility index (Phi) is 6.32. The molecule has 0 saturated carbocycles. The summed E-state index contributed by atoms with van der Waals surface area (Å²) in [6, 6.07) is 16.2. The molecule has 32 heavy (non-hydrogen) atoms. The summed E-state index contributed by atoms with van der Waals surface area (Å²) in [7, 11) is 3.43. The van der Waals surface area contributed by atoms with E-state index >= 15 is 0 Å². The van der Waals surface area contributed by atoms with Gasteiger partial charge in [-0.3, -0.25) is 4.90 Å². The number of hydrogen-bond donors (Lipinski definition) is 0. The van der Waals surface area contributed by atoms with Crippen LogP contribution in [0.2, 0.25) is 0 Å². The van der Waals surface area contributed by atoms with Crippen LogP contribution >= 0.6 is 0 Å². The van der Waals surface area contributed by atoms with Crippen LogP contribution in [0.15, 0.2) is 48.5 Å². The first-order valence-electron chi connectivity index (χ1n) is 11.0. The summed E-state index contributed by atoms with van der Waals surface area (Å²) in [5.41, 5.74) is 1.96. The quantitative estimate of drug-likeness (QED) is 0.587. The largest absolute Gasteiger partial charge is 0.496 e. The predicted molar refractivity (Wildman–Crippen MR) is 124 cm³/mol. The zero-order chi connectivity index (χ0) is 22.7. The topological polar surface area (TPSA) is 68.5 Å². The smallest absolute Gasteiger partial charge is 0.173 e. The first-order chi connectivity index (χ1) is 15.4. The highest BCUT2D eigenvalue weighted by Gasteiger charge is 2.35. The molecule has 1 atom stereocenters. The number of tetrazole rings is 1. The number of hydrogen-bond acceptors (Lipinski definition) is 7. The van der Waals surface area contributed by atoms with E-state index in [-0.39, 0.29) is 11.6 Å². The summed E-state index contributed by atoms with van der Waals surface area (Å²) < 4.78 is 13.2. The predicted octanol–water partition coefficient (Wildman–Crippen LogP) is 3.36. The maximum absolute atomic E-state index is 5.73. The van der Waals surface area contributed by atoms with Crippen LogP contribution in [0, 0.1) is 0 Å². The Hall–Kier alpha value is -3.13. The molecule has 1 aliphatic rings. The van der Waals surface area contributed by atoms with Crippen LogP contribution in [-0.4, -0.2) is 65.5 Å². The number of piperazine rings is 1. The highest BCUT2D eigenvalue weighted by atomic mass is 16.5. The van der Waals surface area contributed by atoms with Crippen molar-refractivity contribution in [3.63, 3.8) is 0 Å². The van der Waals surface area contributed by atoms with Crippen LogP contribution in [0.4, 0.5) is 5.69 Å². The van der Waals surface area contributed by atoms with Crippen LogP contribution in [0.5, 0.6) is 11.5 Å². The summed E-state index contributed by atoms with van der Waals surface area (Å²) in [6.07, 6.45) is 0. The minimum atomic E-state index is -0.238. The summed E-state index contributed by atoms with van der Waals surface area (Å²) in [5, 5.41) is 12.9. The van der Waals surface area contributed by atoms with Gasteiger partial charge in [0.05, 0.1) is 25.4 Å². The number of rotatable bonds is 6. The lowest BCUT2D eigenvalue weighted by molar-refractivity contribution is 0.188. The van der Waals surface area contributed by atoms with E-state index in [0.29, 0.717) is 0 Å². The van der Waals surface area contributed by atoms with Gasteiger partial charge in [-0.15, -0.1) is 5.10 Å². The van der Waals surface area contributed by atoms with Crippen molar-refractivity contribution in [2.75, 3.05) is 45.3 Å². The molecule has 1 fully saturated rings. The molecule has 0 spiro atoms. The third-order valence-corrected chi connectivity index (χ3v) is 5.91. The second-order valence-corrected chi connectivity index (χ2v) is 8.96. The summed E-state index contributed by atoms with van der Waals surface area (Å²) in [5.74, 6) is 2.57. The lowest BCUT2D eigenvalue weighted by atomic mass is 10.0. The van der Waals surface area contributed by atoms with Gasteiger partial charge >= 0.3 is 0 Å². The van der Waals surface area contributed by atoms with Gasteiger partial charge in [0.15, 0.2) is 5.82 Å². The van der Waals surface area contributed by atoms with Crippen LogP contribution in [-0.2, 0) is 5.54 Å². The van der Waals surface area contributed by atoms with Crippen molar-refractivity contribution in [1.82, 2.24) is 25.1 Å². The van der Waals surface area contributed by atoms with Gasteiger partial charge in [-0.25, -0.2) is 4.68 Å². The van der Waals surface area contributed by atoms with Gasteiger partial charge in [0.2, 0.25) is 0 Å². The molecule has 1 aliphatic heterocycles. The van der Waals surface area contributed by atoms with E-state index < -0.39 is 0 Å². The molecule has 1 saturated heterocycles. The van der Waals surface area contributed by atoms with Crippen molar-refractivity contribution in [2.45, 2.75) is 32.4 Å². The lowest BCUT2D eigenvalue weighted by Gasteiger charge is -2.40. The Morgan fingerprint density at radius 3 is 2.12 bits per heavy atom. The fraction of sp³-hybridized carbons (Fsp3) is 0.458. The molecule has 0 radical (unpaired) electrons. The Morgan fingerprint density at radius 1 is 0.844 bits per heavy atom. The van der Waals surface area contributed by atoms with E-state index in [2.05, 4.69) is 64.3 Å². The Morgan fingerprint density at radius 2 is 1.47 bits per heavy atom. The number of benzene rings is 2. The molecule has 0 N–H and O–H groups in total. The number of nitrogens with zero attached hydrogens (tertiary/aromatic N) is 6. The van der Waals surface area contributed by atoms with E-state index in [9.17, 15) is 0 Å². The van der Waals surface area contributed by atoms with Crippen molar-refractivity contribution in [2.24, 2.45) is 0 Å². The molecule has 0 bridgehead atoms. The molecule has 2 heterocycles. The van der Waals surface area contributed by atoms with Crippen molar-refractivity contribution in [3.05, 3.63) is 59.9 Å². The van der Waals surface area contributed by atoms with Gasteiger partial charge < -0.3 is 14.4 Å². The Labute approximate surface area is 189 Å². The Bertz CT molecular complexity index is 1040. The van der Waals surface area contributed by atoms with Crippen molar-refractivity contribution in [3.8, 4) is 11.5 Å². The lowest BCUT2D eigenvalue weighted by Crippen LogP contribution is -2.49. The fourth-order valence-corrected chi connectivity index (χ4v) is 4.35. The number of methoxy groups -OCH3 is 2. The van der Waals surface area contributed by atoms with Gasteiger partial charge in [0.1, 0.15) is 17.5 Å². The maximum Gasteiger partial charge on any atom is 0.173 e. The fourth-order valence-electron chi connectivity index (χ4n) is 4.35. The molecule has 3 aromatic rings. The van der Waals surface area contributed by atoms with Crippen LogP contribution < -0.4 is 14.4 Å². The zero-order valence-electron chi connectivity index (χ0n) is 19.5. The second-order valence-electron chi connectivity index (χ2n) is 8.96. The molecule has 4 rings (SSSR count). The van der Waals surface area contributed by atoms with Gasteiger partial charge in [-0.1, -0.05) is 30.3 Å². The highest BCUT2D eigenvalue weighted by Crippen LogP contribution is 2.36. The number of para-hydroxylation sites is 3. The van der Waals surface area contributed by atoms with Gasteiger partial charge in [0, 0.05) is 31.7 Å². The maximum atomic E-state index is 5.73. The van der Waals surface area contributed by atoms with Crippen LogP contribution in [0.1, 0.15) is 38.2 Å². The molecule has 0 amide bonds. The van der Waals surface area contributed by atoms with Crippen molar-refractivity contribution < 1.29 is 9.47 Å². The van der Waals surface area contributed by atoms with Gasteiger partial charge in [0.25, 0.3) is 0 Å². The average molecular weight is 437 g/mol. The first kappa shape index (κ1) is 22.1. The van der Waals surface area contributed by atoms with E-state index in [4.69, 9.17) is 9.47 Å². The molecule has 0 aliphatic carbocycles. The Balaban J connectivity index is 1.67. The van der Waals surface area contributed by atoms with Crippen LogP contribution in [0.25, 0.3) is 0 Å². The van der Waals surface area contributed by atoms with E-state index in [0.717, 1.165) is 54.8 Å². The number of anilines is 1. The normalized spacial score (nSPS) is 16.1. The monoisotopic (exact) mass is 436 g/mol. The number of aromatic nitrogens is 4. The van der Waals surface area contributed by atoms with Crippen molar-refractivity contribution in [1.29, 1.82) is 0 Å². The third-order valence-electron chi connectivity index (χ3n) is 5.91. The summed E-state index contributed by atoms with van der Waals surface area (Å²) >= 11 is 0. The van der Waals surface area contributed by atoms with E-state index in [1.165, 1.54) is 0 Å². The van der Waals surface area contributed by atoms with E-state index in [1.54, 1.807) is 14.2 Å².